The lowest BCUT2D eigenvalue weighted by atomic mass is 10.1. The monoisotopic (exact) mass is 379 g/mol. The molecule has 0 atom stereocenters. The Morgan fingerprint density at radius 1 is 0.821 bits per heavy atom. The quantitative estimate of drug-likeness (QED) is 0.643. The normalized spacial score (nSPS) is 10.1. The summed E-state index contributed by atoms with van der Waals surface area (Å²) in [6.45, 7) is 0. The van der Waals surface area contributed by atoms with E-state index in [4.69, 9.17) is 14.2 Å². The van der Waals surface area contributed by atoms with Crippen molar-refractivity contribution in [3.05, 3.63) is 66.4 Å². The first-order chi connectivity index (χ1) is 13.6. The van der Waals surface area contributed by atoms with Crippen molar-refractivity contribution in [1.82, 2.24) is 4.98 Å². The molecule has 144 valence electrons. The van der Waals surface area contributed by atoms with Gasteiger partial charge in [0.05, 0.1) is 33.2 Å². The van der Waals surface area contributed by atoms with Gasteiger partial charge in [-0.1, -0.05) is 6.07 Å². The zero-order valence-electron chi connectivity index (χ0n) is 15.9. The van der Waals surface area contributed by atoms with Gasteiger partial charge >= 0.3 is 0 Å². The molecule has 1 amide bonds. The van der Waals surface area contributed by atoms with E-state index in [1.807, 2.05) is 30.3 Å². The van der Waals surface area contributed by atoms with Gasteiger partial charge in [-0.3, -0.25) is 4.79 Å². The van der Waals surface area contributed by atoms with Gasteiger partial charge in [-0.05, 0) is 48.5 Å². The van der Waals surface area contributed by atoms with Crippen molar-refractivity contribution in [2.24, 2.45) is 0 Å². The standard InChI is InChI=1S/C21H21N3O4/c1-26-16-10-7-14(8-11-16)23-15-9-12-19(22-13-15)24-21(25)20-17(27-2)5-4-6-18(20)28-3/h4-13,23H,1-3H3,(H,22,24,25). The van der Waals surface area contributed by atoms with Gasteiger partial charge in [0.25, 0.3) is 5.91 Å². The minimum atomic E-state index is -0.363. The van der Waals surface area contributed by atoms with E-state index < -0.39 is 0 Å². The summed E-state index contributed by atoms with van der Waals surface area (Å²) in [6, 6.07) is 16.2. The summed E-state index contributed by atoms with van der Waals surface area (Å²) in [7, 11) is 4.63. The molecular weight excluding hydrogens is 358 g/mol. The van der Waals surface area contributed by atoms with E-state index in [-0.39, 0.29) is 5.91 Å². The average molecular weight is 379 g/mol. The molecule has 0 fully saturated rings. The molecule has 3 aromatic rings. The lowest BCUT2D eigenvalue weighted by Gasteiger charge is -2.13. The highest BCUT2D eigenvalue weighted by Crippen LogP contribution is 2.29. The van der Waals surface area contributed by atoms with Crippen LogP contribution < -0.4 is 24.8 Å². The molecule has 0 aliphatic carbocycles. The van der Waals surface area contributed by atoms with Gasteiger partial charge in [0.2, 0.25) is 0 Å². The number of amides is 1. The Morgan fingerprint density at radius 3 is 2.00 bits per heavy atom. The van der Waals surface area contributed by atoms with E-state index in [0.29, 0.717) is 22.9 Å². The molecule has 0 aliphatic heterocycles. The van der Waals surface area contributed by atoms with Crippen molar-refractivity contribution in [3.63, 3.8) is 0 Å². The van der Waals surface area contributed by atoms with Gasteiger partial charge < -0.3 is 24.8 Å². The van der Waals surface area contributed by atoms with Crippen LogP contribution in [0.15, 0.2) is 60.8 Å². The third-order valence-corrected chi connectivity index (χ3v) is 4.04. The summed E-state index contributed by atoms with van der Waals surface area (Å²) in [5.74, 6) is 1.69. The number of nitrogens with zero attached hydrogens (tertiary/aromatic N) is 1. The molecule has 0 unspecified atom stereocenters. The summed E-state index contributed by atoms with van der Waals surface area (Å²) in [5, 5.41) is 5.99. The fraction of sp³-hybridized carbons (Fsp3) is 0.143. The van der Waals surface area contributed by atoms with Gasteiger partial charge in [-0.25, -0.2) is 4.98 Å². The molecule has 7 nitrogen and oxygen atoms in total. The maximum atomic E-state index is 12.7. The van der Waals surface area contributed by atoms with Gasteiger partial charge in [0.15, 0.2) is 0 Å². The third kappa shape index (κ3) is 4.32. The van der Waals surface area contributed by atoms with Crippen molar-refractivity contribution in [2.75, 3.05) is 32.0 Å². The van der Waals surface area contributed by atoms with Crippen molar-refractivity contribution in [3.8, 4) is 17.2 Å². The number of hydrogen-bond donors (Lipinski definition) is 2. The molecule has 0 saturated carbocycles. The summed E-state index contributed by atoms with van der Waals surface area (Å²) in [4.78, 5) is 17.0. The Bertz CT molecular complexity index is 919. The number of ether oxygens (including phenoxy) is 3. The van der Waals surface area contributed by atoms with Gasteiger partial charge in [0, 0.05) is 5.69 Å². The minimum absolute atomic E-state index is 0.315. The number of nitrogens with one attached hydrogen (secondary N) is 2. The average Bonchev–Trinajstić information content (AvgIpc) is 2.75. The molecule has 2 N–H and O–H groups in total. The Balaban J connectivity index is 1.71. The molecule has 1 heterocycles. The summed E-state index contributed by atoms with van der Waals surface area (Å²) < 4.78 is 15.7. The number of aromatic nitrogens is 1. The number of methoxy groups -OCH3 is 3. The van der Waals surface area contributed by atoms with Crippen LogP contribution in [0.25, 0.3) is 0 Å². The molecule has 1 aromatic heterocycles. The zero-order valence-corrected chi connectivity index (χ0v) is 15.9. The third-order valence-electron chi connectivity index (χ3n) is 4.04. The Kier molecular flexibility index (Phi) is 5.96. The second kappa shape index (κ2) is 8.77. The maximum absolute atomic E-state index is 12.7. The molecule has 0 spiro atoms. The molecule has 0 saturated heterocycles. The highest BCUT2D eigenvalue weighted by Gasteiger charge is 2.18. The molecule has 28 heavy (non-hydrogen) atoms. The Labute approximate surface area is 163 Å². The maximum Gasteiger partial charge on any atom is 0.264 e. The van der Waals surface area contributed by atoms with Crippen LogP contribution in [0.1, 0.15) is 10.4 Å². The van der Waals surface area contributed by atoms with E-state index in [2.05, 4.69) is 15.6 Å². The first kappa shape index (κ1) is 19.0. The van der Waals surface area contributed by atoms with Gasteiger partial charge in [-0.15, -0.1) is 0 Å². The highest BCUT2D eigenvalue weighted by molar-refractivity contribution is 6.07. The largest absolute Gasteiger partial charge is 0.497 e. The van der Waals surface area contributed by atoms with E-state index in [1.165, 1.54) is 14.2 Å². The van der Waals surface area contributed by atoms with Crippen LogP contribution in [0, 0.1) is 0 Å². The lowest BCUT2D eigenvalue weighted by molar-refractivity contribution is 0.102. The van der Waals surface area contributed by atoms with Crippen LogP contribution in [-0.2, 0) is 0 Å². The van der Waals surface area contributed by atoms with Gasteiger partial charge in [0.1, 0.15) is 28.6 Å². The number of benzene rings is 2. The number of carbonyl (C=O) groups excluding carboxylic acids is 1. The van der Waals surface area contributed by atoms with Crippen LogP contribution in [0.4, 0.5) is 17.2 Å². The van der Waals surface area contributed by atoms with Crippen molar-refractivity contribution >= 4 is 23.1 Å². The number of rotatable bonds is 7. The van der Waals surface area contributed by atoms with Crippen LogP contribution in [0.3, 0.4) is 0 Å². The van der Waals surface area contributed by atoms with E-state index in [9.17, 15) is 4.79 Å². The summed E-state index contributed by atoms with van der Waals surface area (Å²) in [6.07, 6.45) is 1.64. The Morgan fingerprint density at radius 2 is 1.46 bits per heavy atom. The topological polar surface area (TPSA) is 81.7 Å². The summed E-state index contributed by atoms with van der Waals surface area (Å²) in [5.41, 5.74) is 2.01. The van der Waals surface area contributed by atoms with Gasteiger partial charge in [-0.2, -0.15) is 0 Å². The molecular formula is C21H21N3O4. The van der Waals surface area contributed by atoms with Crippen molar-refractivity contribution in [2.45, 2.75) is 0 Å². The molecule has 7 heteroatoms. The number of anilines is 3. The highest BCUT2D eigenvalue weighted by atomic mass is 16.5. The first-order valence-electron chi connectivity index (χ1n) is 8.54. The smallest absolute Gasteiger partial charge is 0.264 e. The fourth-order valence-electron chi connectivity index (χ4n) is 2.64. The fourth-order valence-corrected chi connectivity index (χ4v) is 2.64. The van der Waals surface area contributed by atoms with Crippen LogP contribution >= 0.6 is 0 Å². The molecule has 0 radical (unpaired) electrons. The first-order valence-corrected chi connectivity index (χ1v) is 8.54. The molecule has 3 rings (SSSR count). The molecule has 2 aromatic carbocycles. The zero-order chi connectivity index (χ0) is 19.9. The predicted octanol–water partition coefficient (Wildman–Crippen LogP) is 4.10. The van der Waals surface area contributed by atoms with E-state index in [0.717, 1.165) is 17.1 Å². The Hall–Kier alpha value is -3.74. The van der Waals surface area contributed by atoms with Crippen LogP contribution in [0.5, 0.6) is 17.2 Å². The van der Waals surface area contributed by atoms with Crippen molar-refractivity contribution < 1.29 is 19.0 Å². The second-order valence-electron chi connectivity index (χ2n) is 5.78. The van der Waals surface area contributed by atoms with Crippen LogP contribution in [0.2, 0.25) is 0 Å². The predicted molar refractivity (Wildman–Crippen MR) is 108 cm³/mol. The molecule has 0 bridgehead atoms. The second-order valence-corrected chi connectivity index (χ2v) is 5.78. The summed E-state index contributed by atoms with van der Waals surface area (Å²) >= 11 is 0. The van der Waals surface area contributed by atoms with Crippen LogP contribution in [-0.4, -0.2) is 32.2 Å². The van der Waals surface area contributed by atoms with E-state index in [1.54, 1.807) is 37.6 Å². The minimum Gasteiger partial charge on any atom is -0.497 e. The number of carbonyl (C=O) groups is 1. The number of hydrogen-bond acceptors (Lipinski definition) is 6. The SMILES string of the molecule is COc1ccc(Nc2ccc(NC(=O)c3c(OC)cccc3OC)nc2)cc1. The van der Waals surface area contributed by atoms with Crippen molar-refractivity contribution in [1.29, 1.82) is 0 Å². The molecule has 0 aliphatic rings. The number of pyridine rings is 1. The van der Waals surface area contributed by atoms with E-state index >= 15 is 0 Å². The lowest BCUT2D eigenvalue weighted by Crippen LogP contribution is -2.15.